The lowest BCUT2D eigenvalue weighted by Crippen LogP contribution is -2.52. The molecule has 2 aromatic rings. The number of hydrogen-bond acceptors (Lipinski definition) is 8. The maximum Gasteiger partial charge on any atom is 0.229 e. The van der Waals surface area contributed by atoms with E-state index >= 15 is 0 Å². The Labute approximate surface area is 188 Å². The number of anilines is 1. The molecule has 0 radical (unpaired) electrons. The Kier molecular flexibility index (Phi) is 6.47. The van der Waals surface area contributed by atoms with Gasteiger partial charge in [-0.1, -0.05) is 19.0 Å². The first-order valence-electron chi connectivity index (χ1n) is 11.0. The number of rotatable bonds is 5. The average molecular weight is 463 g/mol. The molecule has 4 rings (SSSR count). The van der Waals surface area contributed by atoms with Gasteiger partial charge in [0.05, 0.1) is 6.26 Å². The van der Waals surface area contributed by atoms with E-state index in [1.165, 1.54) is 10.6 Å². The standard InChI is InChI=1S/C21H30N6O4S/c1-15(2)20-23-19(24-31-20)17-4-5-18(22-14-17)25-10-12-26(13-11-25)21(28)16-6-8-27(9-7-16)32(3,29)30/h4-5,14-16H,6-13H2,1-3H3. The lowest BCUT2D eigenvalue weighted by atomic mass is 9.96. The third kappa shape index (κ3) is 4.93. The lowest BCUT2D eigenvalue weighted by Gasteiger charge is -2.38. The van der Waals surface area contributed by atoms with E-state index in [9.17, 15) is 13.2 Å². The van der Waals surface area contributed by atoms with Crippen molar-refractivity contribution in [3.05, 3.63) is 24.2 Å². The van der Waals surface area contributed by atoms with E-state index in [0.717, 1.165) is 11.4 Å². The van der Waals surface area contributed by atoms with Gasteiger partial charge >= 0.3 is 0 Å². The molecular weight excluding hydrogens is 432 g/mol. The second-order valence-corrected chi connectivity index (χ2v) is 10.7. The van der Waals surface area contributed by atoms with Gasteiger partial charge in [0.1, 0.15) is 5.82 Å². The van der Waals surface area contributed by atoms with Crippen molar-refractivity contribution in [3.63, 3.8) is 0 Å². The smallest absolute Gasteiger partial charge is 0.229 e. The van der Waals surface area contributed by atoms with Crippen LogP contribution in [0.3, 0.4) is 0 Å². The number of amides is 1. The molecule has 10 nitrogen and oxygen atoms in total. The van der Waals surface area contributed by atoms with Crippen molar-refractivity contribution < 1.29 is 17.7 Å². The van der Waals surface area contributed by atoms with E-state index in [1.807, 2.05) is 30.9 Å². The summed E-state index contributed by atoms with van der Waals surface area (Å²) in [4.78, 5) is 25.9. The van der Waals surface area contributed by atoms with Crippen LogP contribution in [0.1, 0.15) is 38.5 Å². The zero-order chi connectivity index (χ0) is 22.9. The molecule has 2 aliphatic heterocycles. The van der Waals surface area contributed by atoms with Gasteiger partial charge in [-0.05, 0) is 25.0 Å². The fourth-order valence-electron chi connectivity index (χ4n) is 4.14. The number of carbonyl (C=O) groups is 1. The molecule has 2 saturated heterocycles. The summed E-state index contributed by atoms with van der Waals surface area (Å²) >= 11 is 0. The van der Waals surface area contributed by atoms with Crippen molar-refractivity contribution in [1.82, 2.24) is 24.3 Å². The molecule has 0 atom stereocenters. The molecule has 0 spiro atoms. The molecule has 0 bridgehead atoms. The largest absolute Gasteiger partial charge is 0.353 e. The Morgan fingerprint density at radius 3 is 2.31 bits per heavy atom. The summed E-state index contributed by atoms with van der Waals surface area (Å²) in [7, 11) is -3.18. The fraction of sp³-hybridized carbons (Fsp3) is 0.619. The Bertz CT molecular complexity index is 1040. The quantitative estimate of drug-likeness (QED) is 0.658. The van der Waals surface area contributed by atoms with Crippen molar-refractivity contribution in [2.24, 2.45) is 5.92 Å². The normalized spacial score (nSPS) is 19.0. The van der Waals surface area contributed by atoms with Gasteiger partial charge in [-0.3, -0.25) is 4.79 Å². The van der Waals surface area contributed by atoms with Crippen LogP contribution < -0.4 is 4.90 Å². The highest BCUT2D eigenvalue weighted by atomic mass is 32.2. The molecule has 2 aliphatic rings. The third-order valence-corrected chi connectivity index (χ3v) is 7.43. The molecule has 32 heavy (non-hydrogen) atoms. The van der Waals surface area contributed by atoms with Crippen LogP contribution >= 0.6 is 0 Å². The summed E-state index contributed by atoms with van der Waals surface area (Å²) in [5.41, 5.74) is 0.804. The zero-order valence-electron chi connectivity index (χ0n) is 18.8. The van der Waals surface area contributed by atoms with Gasteiger partial charge in [0.2, 0.25) is 27.6 Å². The Morgan fingerprint density at radius 2 is 1.78 bits per heavy atom. The zero-order valence-corrected chi connectivity index (χ0v) is 19.6. The van der Waals surface area contributed by atoms with Crippen molar-refractivity contribution in [2.45, 2.75) is 32.6 Å². The van der Waals surface area contributed by atoms with Crippen molar-refractivity contribution in [1.29, 1.82) is 0 Å². The number of hydrogen-bond donors (Lipinski definition) is 0. The summed E-state index contributed by atoms with van der Waals surface area (Å²) in [6, 6.07) is 3.88. The average Bonchev–Trinajstić information content (AvgIpc) is 3.29. The van der Waals surface area contributed by atoms with E-state index < -0.39 is 10.0 Å². The van der Waals surface area contributed by atoms with Gasteiger partial charge in [0, 0.05) is 62.9 Å². The maximum absolute atomic E-state index is 12.9. The molecule has 0 saturated carbocycles. The molecule has 0 aliphatic carbocycles. The van der Waals surface area contributed by atoms with Gasteiger partial charge < -0.3 is 14.3 Å². The van der Waals surface area contributed by atoms with Crippen LogP contribution in [-0.4, -0.2) is 84.2 Å². The number of piperazine rings is 1. The summed E-state index contributed by atoms with van der Waals surface area (Å²) in [6.45, 7) is 7.53. The van der Waals surface area contributed by atoms with E-state index in [2.05, 4.69) is 20.0 Å². The van der Waals surface area contributed by atoms with Crippen LogP contribution in [0.4, 0.5) is 5.82 Å². The first-order chi connectivity index (χ1) is 15.2. The van der Waals surface area contributed by atoms with Gasteiger partial charge in [0.15, 0.2) is 0 Å². The minimum absolute atomic E-state index is 0.0948. The van der Waals surface area contributed by atoms with Gasteiger partial charge in [-0.15, -0.1) is 0 Å². The molecule has 0 N–H and O–H groups in total. The Balaban J connectivity index is 1.30. The van der Waals surface area contributed by atoms with Crippen molar-refractivity contribution in [2.75, 3.05) is 50.4 Å². The van der Waals surface area contributed by atoms with Crippen LogP contribution in [0.15, 0.2) is 22.9 Å². The van der Waals surface area contributed by atoms with Crippen molar-refractivity contribution in [3.8, 4) is 11.4 Å². The minimum Gasteiger partial charge on any atom is -0.353 e. The molecule has 1 amide bonds. The SMILES string of the molecule is CC(C)c1nc(-c2ccc(N3CCN(C(=O)C4CCN(S(C)(=O)=O)CC4)CC3)nc2)no1. The maximum atomic E-state index is 12.9. The van der Waals surface area contributed by atoms with E-state index in [0.29, 0.717) is 63.8 Å². The van der Waals surface area contributed by atoms with Crippen LogP contribution in [0.5, 0.6) is 0 Å². The number of nitrogens with zero attached hydrogens (tertiary/aromatic N) is 6. The van der Waals surface area contributed by atoms with Gasteiger partial charge in [-0.2, -0.15) is 4.98 Å². The number of piperidine rings is 1. The highest BCUT2D eigenvalue weighted by Crippen LogP contribution is 2.24. The highest BCUT2D eigenvalue weighted by Gasteiger charge is 2.32. The van der Waals surface area contributed by atoms with Crippen molar-refractivity contribution >= 4 is 21.7 Å². The molecule has 11 heteroatoms. The van der Waals surface area contributed by atoms with Gasteiger partial charge in [-0.25, -0.2) is 17.7 Å². The number of pyridine rings is 1. The molecule has 2 fully saturated rings. The summed E-state index contributed by atoms with van der Waals surface area (Å²) in [5, 5.41) is 4.02. The minimum atomic E-state index is -3.18. The molecular formula is C21H30N6O4S. The monoisotopic (exact) mass is 462 g/mol. The van der Waals surface area contributed by atoms with Crippen LogP contribution in [0.25, 0.3) is 11.4 Å². The fourth-order valence-corrected chi connectivity index (χ4v) is 5.01. The second kappa shape index (κ2) is 9.14. The summed E-state index contributed by atoms with van der Waals surface area (Å²) < 4.78 is 30.1. The number of sulfonamides is 1. The molecule has 0 aromatic carbocycles. The first kappa shape index (κ1) is 22.7. The summed E-state index contributed by atoms with van der Waals surface area (Å²) in [6.07, 6.45) is 4.14. The van der Waals surface area contributed by atoms with E-state index in [4.69, 9.17) is 4.52 Å². The third-order valence-electron chi connectivity index (χ3n) is 6.13. The Morgan fingerprint density at radius 1 is 1.09 bits per heavy atom. The topological polar surface area (TPSA) is 113 Å². The molecule has 2 aromatic heterocycles. The number of aromatic nitrogens is 3. The number of carbonyl (C=O) groups excluding carboxylic acids is 1. The van der Waals surface area contributed by atoms with Crippen LogP contribution in [-0.2, 0) is 14.8 Å². The molecule has 0 unspecified atom stereocenters. The molecule has 174 valence electrons. The predicted molar refractivity (Wildman–Crippen MR) is 120 cm³/mol. The van der Waals surface area contributed by atoms with Crippen LogP contribution in [0, 0.1) is 5.92 Å². The Hall–Kier alpha value is -2.53. The van der Waals surface area contributed by atoms with Crippen LogP contribution in [0.2, 0.25) is 0 Å². The lowest BCUT2D eigenvalue weighted by molar-refractivity contribution is -0.137. The van der Waals surface area contributed by atoms with E-state index in [-0.39, 0.29) is 17.7 Å². The second-order valence-electron chi connectivity index (χ2n) is 8.76. The predicted octanol–water partition coefficient (Wildman–Crippen LogP) is 1.58. The molecule has 4 heterocycles. The first-order valence-corrected chi connectivity index (χ1v) is 12.9. The van der Waals surface area contributed by atoms with E-state index in [1.54, 1.807) is 6.20 Å². The highest BCUT2D eigenvalue weighted by molar-refractivity contribution is 7.88. The van der Waals surface area contributed by atoms with Gasteiger partial charge in [0.25, 0.3) is 0 Å². The summed E-state index contributed by atoms with van der Waals surface area (Å²) in [5.74, 6) is 2.21.